The molecule has 0 bridgehead atoms. The summed E-state index contributed by atoms with van der Waals surface area (Å²) >= 11 is 3.27. The fraction of sp³-hybridized carbons (Fsp3) is 0.545. The molecule has 1 unspecified atom stereocenters. The van der Waals surface area contributed by atoms with Gasteiger partial charge in [-0.25, -0.2) is 0 Å². The second-order valence-electron chi connectivity index (χ2n) is 3.74. The SMILES string of the molecule is CC(CN)SCC(=O)N(C)Cc1ccsc1. The summed E-state index contributed by atoms with van der Waals surface area (Å²) in [6.45, 7) is 3.35. The first-order valence-electron chi connectivity index (χ1n) is 5.20. The van der Waals surface area contributed by atoms with Gasteiger partial charge in [-0.1, -0.05) is 6.92 Å². The van der Waals surface area contributed by atoms with Crippen LogP contribution in [0.1, 0.15) is 12.5 Å². The van der Waals surface area contributed by atoms with Gasteiger partial charge in [-0.2, -0.15) is 11.3 Å². The van der Waals surface area contributed by atoms with Crippen LogP contribution >= 0.6 is 23.1 Å². The highest BCUT2D eigenvalue weighted by Crippen LogP contribution is 2.12. The lowest BCUT2D eigenvalue weighted by atomic mass is 10.3. The molecule has 1 rings (SSSR count). The minimum Gasteiger partial charge on any atom is -0.341 e. The van der Waals surface area contributed by atoms with Gasteiger partial charge < -0.3 is 10.6 Å². The minimum atomic E-state index is 0.163. The molecule has 1 aromatic rings. The molecule has 90 valence electrons. The van der Waals surface area contributed by atoms with E-state index in [2.05, 4.69) is 5.38 Å². The summed E-state index contributed by atoms with van der Waals surface area (Å²) in [6, 6.07) is 2.05. The van der Waals surface area contributed by atoms with Gasteiger partial charge in [0.2, 0.25) is 5.91 Å². The molecule has 3 nitrogen and oxygen atoms in total. The topological polar surface area (TPSA) is 46.3 Å². The predicted molar refractivity (Wildman–Crippen MR) is 71.8 cm³/mol. The van der Waals surface area contributed by atoms with Crippen molar-refractivity contribution in [3.05, 3.63) is 22.4 Å². The van der Waals surface area contributed by atoms with Gasteiger partial charge in [0.15, 0.2) is 0 Å². The van der Waals surface area contributed by atoms with Gasteiger partial charge in [0.1, 0.15) is 0 Å². The number of thioether (sulfide) groups is 1. The molecule has 0 aliphatic rings. The highest BCUT2D eigenvalue weighted by atomic mass is 32.2. The normalized spacial score (nSPS) is 12.4. The molecule has 2 N–H and O–H groups in total. The van der Waals surface area contributed by atoms with Crippen LogP contribution in [0.15, 0.2) is 16.8 Å². The highest BCUT2D eigenvalue weighted by Gasteiger charge is 2.11. The molecule has 1 heterocycles. The van der Waals surface area contributed by atoms with Crippen LogP contribution in [-0.2, 0) is 11.3 Å². The Morgan fingerprint density at radius 1 is 1.69 bits per heavy atom. The Kier molecular flexibility index (Phi) is 5.87. The minimum absolute atomic E-state index is 0.163. The zero-order valence-corrected chi connectivity index (χ0v) is 11.3. The van der Waals surface area contributed by atoms with E-state index in [-0.39, 0.29) is 5.91 Å². The molecule has 1 atom stereocenters. The lowest BCUT2D eigenvalue weighted by Crippen LogP contribution is -2.28. The van der Waals surface area contributed by atoms with Crippen molar-refractivity contribution in [1.29, 1.82) is 0 Å². The van der Waals surface area contributed by atoms with Gasteiger partial charge in [-0.05, 0) is 22.4 Å². The average molecular weight is 258 g/mol. The number of carbonyl (C=O) groups excluding carboxylic acids is 1. The number of amides is 1. The van der Waals surface area contributed by atoms with Crippen LogP contribution in [0.5, 0.6) is 0 Å². The summed E-state index contributed by atoms with van der Waals surface area (Å²) in [6.07, 6.45) is 0. The van der Waals surface area contributed by atoms with Crippen LogP contribution in [-0.4, -0.2) is 35.4 Å². The second-order valence-corrected chi connectivity index (χ2v) is 5.95. The fourth-order valence-corrected chi connectivity index (χ4v) is 2.58. The van der Waals surface area contributed by atoms with Crippen LogP contribution < -0.4 is 5.73 Å². The quantitative estimate of drug-likeness (QED) is 0.846. The Balaban J connectivity index is 2.31. The van der Waals surface area contributed by atoms with E-state index in [1.54, 1.807) is 28.0 Å². The van der Waals surface area contributed by atoms with Crippen molar-refractivity contribution in [2.75, 3.05) is 19.3 Å². The number of rotatable bonds is 6. The lowest BCUT2D eigenvalue weighted by Gasteiger charge is -2.17. The van der Waals surface area contributed by atoms with Crippen LogP contribution in [0.3, 0.4) is 0 Å². The summed E-state index contributed by atoms with van der Waals surface area (Å²) in [4.78, 5) is 13.5. The van der Waals surface area contributed by atoms with E-state index in [9.17, 15) is 4.79 Å². The van der Waals surface area contributed by atoms with Gasteiger partial charge in [-0.15, -0.1) is 11.8 Å². The van der Waals surface area contributed by atoms with Gasteiger partial charge in [0.05, 0.1) is 5.75 Å². The van der Waals surface area contributed by atoms with Gasteiger partial charge in [0, 0.05) is 25.4 Å². The fourth-order valence-electron chi connectivity index (χ4n) is 1.14. The van der Waals surface area contributed by atoms with E-state index in [0.29, 0.717) is 24.1 Å². The molecule has 1 aromatic heterocycles. The summed E-state index contributed by atoms with van der Waals surface area (Å²) in [5, 5.41) is 4.44. The maximum Gasteiger partial charge on any atom is 0.232 e. The van der Waals surface area contributed by atoms with Crippen molar-refractivity contribution in [3.63, 3.8) is 0 Å². The molecule has 16 heavy (non-hydrogen) atoms. The molecular formula is C11H18N2OS2. The number of carbonyl (C=O) groups is 1. The largest absolute Gasteiger partial charge is 0.341 e. The summed E-state index contributed by atoms with van der Waals surface area (Å²) in [7, 11) is 1.84. The Hall–Kier alpha value is -0.520. The summed E-state index contributed by atoms with van der Waals surface area (Å²) < 4.78 is 0. The average Bonchev–Trinajstić information content (AvgIpc) is 2.77. The van der Waals surface area contributed by atoms with E-state index < -0.39 is 0 Å². The summed E-state index contributed by atoms with van der Waals surface area (Å²) in [5.74, 6) is 0.676. The molecule has 0 saturated heterocycles. The Labute approximate surface area is 105 Å². The van der Waals surface area contributed by atoms with E-state index in [0.717, 1.165) is 0 Å². The van der Waals surface area contributed by atoms with Crippen LogP contribution in [0, 0.1) is 0 Å². The molecule has 0 aliphatic heterocycles. The van der Waals surface area contributed by atoms with Crippen molar-refractivity contribution in [1.82, 2.24) is 4.90 Å². The van der Waals surface area contributed by atoms with Crippen molar-refractivity contribution in [2.24, 2.45) is 5.73 Å². The number of nitrogens with two attached hydrogens (primary N) is 1. The third-order valence-corrected chi connectivity index (χ3v) is 4.16. The number of nitrogens with zero attached hydrogens (tertiary/aromatic N) is 1. The van der Waals surface area contributed by atoms with Crippen molar-refractivity contribution in [3.8, 4) is 0 Å². The zero-order valence-electron chi connectivity index (χ0n) is 9.68. The first-order valence-corrected chi connectivity index (χ1v) is 7.19. The second kappa shape index (κ2) is 6.93. The highest BCUT2D eigenvalue weighted by molar-refractivity contribution is 8.00. The zero-order chi connectivity index (χ0) is 12.0. The van der Waals surface area contributed by atoms with Crippen molar-refractivity contribution < 1.29 is 4.79 Å². The number of thiophene rings is 1. The van der Waals surface area contributed by atoms with Gasteiger partial charge in [0.25, 0.3) is 0 Å². The summed E-state index contributed by atoms with van der Waals surface area (Å²) in [5.41, 5.74) is 6.69. The third kappa shape index (κ3) is 4.55. The molecule has 0 spiro atoms. The molecule has 0 aromatic carbocycles. The van der Waals surface area contributed by atoms with Gasteiger partial charge >= 0.3 is 0 Å². The molecule has 1 amide bonds. The molecule has 0 aliphatic carbocycles. The number of hydrogen-bond acceptors (Lipinski definition) is 4. The van der Waals surface area contributed by atoms with E-state index in [4.69, 9.17) is 5.73 Å². The third-order valence-electron chi connectivity index (χ3n) is 2.25. The Bertz CT molecular complexity index is 314. The maximum absolute atomic E-state index is 11.8. The van der Waals surface area contributed by atoms with Crippen molar-refractivity contribution in [2.45, 2.75) is 18.7 Å². The Morgan fingerprint density at radius 2 is 2.44 bits per heavy atom. The number of hydrogen-bond donors (Lipinski definition) is 1. The first kappa shape index (κ1) is 13.5. The van der Waals surface area contributed by atoms with Crippen LogP contribution in [0.25, 0.3) is 0 Å². The maximum atomic E-state index is 11.8. The van der Waals surface area contributed by atoms with Crippen LogP contribution in [0.4, 0.5) is 0 Å². The molecule has 0 saturated carbocycles. The smallest absolute Gasteiger partial charge is 0.232 e. The van der Waals surface area contributed by atoms with E-state index in [1.807, 2.05) is 25.4 Å². The Morgan fingerprint density at radius 3 is 3.00 bits per heavy atom. The van der Waals surface area contributed by atoms with Gasteiger partial charge in [-0.3, -0.25) is 4.79 Å². The predicted octanol–water partition coefficient (Wildman–Crippen LogP) is 1.79. The standard InChI is InChI=1S/C11H18N2OS2/c1-9(5-12)16-8-11(14)13(2)6-10-3-4-15-7-10/h3-4,7,9H,5-6,8,12H2,1-2H3. The van der Waals surface area contributed by atoms with Crippen molar-refractivity contribution >= 4 is 29.0 Å². The molecular weight excluding hydrogens is 240 g/mol. The molecule has 0 radical (unpaired) electrons. The van der Waals surface area contributed by atoms with Crippen LogP contribution in [0.2, 0.25) is 0 Å². The van der Waals surface area contributed by atoms with E-state index >= 15 is 0 Å². The molecule has 5 heteroatoms. The molecule has 0 fully saturated rings. The first-order chi connectivity index (χ1) is 7.63. The van der Waals surface area contributed by atoms with E-state index in [1.165, 1.54) is 5.56 Å². The lowest BCUT2D eigenvalue weighted by molar-refractivity contribution is -0.127. The monoisotopic (exact) mass is 258 g/mol.